The Morgan fingerprint density at radius 1 is 1.41 bits per heavy atom. The number of benzene rings is 1. The molecule has 1 unspecified atom stereocenters. The van der Waals surface area contributed by atoms with Crippen molar-refractivity contribution in [2.75, 3.05) is 13.1 Å². The highest BCUT2D eigenvalue weighted by Gasteiger charge is 2.33. The number of hydrogen-bond donors (Lipinski definition) is 1. The zero-order chi connectivity index (χ0) is 12.3. The van der Waals surface area contributed by atoms with E-state index in [1.807, 2.05) is 18.2 Å². The summed E-state index contributed by atoms with van der Waals surface area (Å²) in [5, 5.41) is 0.838. The van der Waals surface area contributed by atoms with Gasteiger partial charge in [0.1, 0.15) is 0 Å². The second kappa shape index (κ2) is 5.85. The molecule has 3 heteroatoms. The first-order chi connectivity index (χ1) is 8.27. The summed E-state index contributed by atoms with van der Waals surface area (Å²) in [6, 6.07) is 9.07. The Hall–Kier alpha value is -0.570. The minimum absolute atomic E-state index is 0.274. The Kier molecular flexibility index (Phi) is 4.43. The van der Waals surface area contributed by atoms with Crippen molar-refractivity contribution >= 4 is 11.6 Å². The van der Waals surface area contributed by atoms with E-state index in [4.69, 9.17) is 17.3 Å². The molecule has 1 aliphatic rings. The van der Waals surface area contributed by atoms with Gasteiger partial charge in [-0.2, -0.15) is 0 Å². The Balaban J connectivity index is 2.21. The molecular formula is C14H21ClN2. The minimum atomic E-state index is 0.274. The Morgan fingerprint density at radius 2 is 2.12 bits per heavy atom. The van der Waals surface area contributed by atoms with Gasteiger partial charge in [-0.25, -0.2) is 0 Å². The van der Waals surface area contributed by atoms with Gasteiger partial charge in [0.05, 0.1) is 0 Å². The molecule has 1 saturated carbocycles. The summed E-state index contributed by atoms with van der Waals surface area (Å²) >= 11 is 6.28. The maximum Gasteiger partial charge on any atom is 0.0488 e. The van der Waals surface area contributed by atoms with Crippen molar-refractivity contribution in [3.05, 3.63) is 34.9 Å². The van der Waals surface area contributed by atoms with Crippen molar-refractivity contribution in [2.45, 2.75) is 38.3 Å². The van der Waals surface area contributed by atoms with E-state index >= 15 is 0 Å². The third kappa shape index (κ3) is 3.01. The quantitative estimate of drug-likeness (QED) is 0.843. The highest BCUT2D eigenvalue weighted by Crippen LogP contribution is 2.36. The summed E-state index contributed by atoms with van der Waals surface area (Å²) in [6.45, 7) is 3.97. The van der Waals surface area contributed by atoms with Crippen molar-refractivity contribution in [3.63, 3.8) is 0 Å². The van der Waals surface area contributed by atoms with Crippen LogP contribution >= 0.6 is 11.6 Å². The minimum Gasteiger partial charge on any atom is -0.329 e. The van der Waals surface area contributed by atoms with Crippen molar-refractivity contribution in [2.24, 2.45) is 5.73 Å². The zero-order valence-corrected chi connectivity index (χ0v) is 11.2. The molecule has 0 spiro atoms. The molecule has 1 fully saturated rings. The molecular weight excluding hydrogens is 232 g/mol. The van der Waals surface area contributed by atoms with E-state index < -0.39 is 0 Å². The van der Waals surface area contributed by atoms with Gasteiger partial charge in [-0.3, -0.25) is 4.90 Å². The third-order valence-electron chi connectivity index (χ3n) is 3.39. The van der Waals surface area contributed by atoms with Crippen LogP contribution in [0.15, 0.2) is 24.3 Å². The van der Waals surface area contributed by atoms with Crippen LogP contribution in [0.2, 0.25) is 5.02 Å². The molecule has 2 rings (SSSR count). The smallest absolute Gasteiger partial charge is 0.0488 e. The predicted octanol–water partition coefficient (Wildman–Crippen LogP) is 3.21. The van der Waals surface area contributed by atoms with Gasteiger partial charge in [-0.15, -0.1) is 0 Å². The van der Waals surface area contributed by atoms with Crippen LogP contribution in [0.1, 0.15) is 37.8 Å². The maximum absolute atomic E-state index is 6.28. The van der Waals surface area contributed by atoms with Gasteiger partial charge in [0, 0.05) is 23.7 Å². The zero-order valence-electron chi connectivity index (χ0n) is 10.4. The topological polar surface area (TPSA) is 29.3 Å². The second-order valence-corrected chi connectivity index (χ2v) is 5.15. The Morgan fingerprint density at radius 3 is 2.65 bits per heavy atom. The molecule has 0 amide bonds. The molecule has 0 radical (unpaired) electrons. The molecule has 1 aromatic rings. The molecule has 1 aromatic carbocycles. The maximum atomic E-state index is 6.28. The van der Waals surface area contributed by atoms with E-state index in [0.29, 0.717) is 6.54 Å². The molecule has 1 aliphatic carbocycles. The van der Waals surface area contributed by atoms with Gasteiger partial charge in [0.25, 0.3) is 0 Å². The molecule has 0 bridgehead atoms. The van der Waals surface area contributed by atoms with Gasteiger partial charge in [0.2, 0.25) is 0 Å². The lowest BCUT2D eigenvalue weighted by Crippen LogP contribution is -2.36. The number of halogens is 1. The number of nitrogens with zero attached hydrogens (tertiary/aromatic N) is 1. The highest BCUT2D eigenvalue weighted by atomic mass is 35.5. The highest BCUT2D eigenvalue weighted by molar-refractivity contribution is 6.31. The number of nitrogens with two attached hydrogens (primary N) is 1. The van der Waals surface area contributed by atoms with Crippen LogP contribution in [0.4, 0.5) is 0 Å². The first-order valence-corrected chi connectivity index (χ1v) is 6.86. The van der Waals surface area contributed by atoms with E-state index in [1.165, 1.54) is 18.4 Å². The van der Waals surface area contributed by atoms with E-state index in [0.717, 1.165) is 24.0 Å². The molecule has 0 saturated heterocycles. The molecule has 0 heterocycles. The first kappa shape index (κ1) is 12.9. The fraction of sp³-hybridized carbons (Fsp3) is 0.571. The summed E-state index contributed by atoms with van der Waals surface area (Å²) in [7, 11) is 0. The van der Waals surface area contributed by atoms with Crippen LogP contribution in [0.5, 0.6) is 0 Å². The molecule has 1 atom stereocenters. The number of hydrogen-bond acceptors (Lipinski definition) is 2. The van der Waals surface area contributed by atoms with E-state index in [2.05, 4.69) is 17.9 Å². The van der Waals surface area contributed by atoms with Crippen molar-refractivity contribution in [1.29, 1.82) is 0 Å². The van der Waals surface area contributed by atoms with Gasteiger partial charge in [-0.05, 0) is 37.4 Å². The number of rotatable bonds is 6. The lowest BCUT2D eigenvalue weighted by molar-refractivity contribution is 0.191. The van der Waals surface area contributed by atoms with Crippen LogP contribution in [0.25, 0.3) is 0 Å². The first-order valence-electron chi connectivity index (χ1n) is 6.48. The predicted molar refractivity (Wildman–Crippen MR) is 73.3 cm³/mol. The van der Waals surface area contributed by atoms with Gasteiger partial charge in [0.15, 0.2) is 0 Å². The lowest BCUT2D eigenvalue weighted by atomic mass is 10.0. The van der Waals surface area contributed by atoms with Crippen LogP contribution in [-0.4, -0.2) is 24.0 Å². The third-order valence-corrected chi connectivity index (χ3v) is 3.73. The summed E-state index contributed by atoms with van der Waals surface area (Å²) in [6.07, 6.45) is 3.78. The summed E-state index contributed by atoms with van der Waals surface area (Å²) < 4.78 is 0. The van der Waals surface area contributed by atoms with Crippen LogP contribution in [-0.2, 0) is 0 Å². The average Bonchev–Trinajstić information content (AvgIpc) is 3.15. The Labute approximate surface area is 109 Å². The van der Waals surface area contributed by atoms with E-state index in [-0.39, 0.29) is 6.04 Å². The lowest BCUT2D eigenvalue weighted by Gasteiger charge is -2.31. The molecule has 2 nitrogen and oxygen atoms in total. The molecule has 0 aromatic heterocycles. The van der Waals surface area contributed by atoms with E-state index in [1.54, 1.807) is 0 Å². The fourth-order valence-electron chi connectivity index (χ4n) is 2.44. The second-order valence-electron chi connectivity index (χ2n) is 4.74. The van der Waals surface area contributed by atoms with Gasteiger partial charge >= 0.3 is 0 Å². The molecule has 17 heavy (non-hydrogen) atoms. The molecule has 94 valence electrons. The Bertz CT molecular complexity index is 363. The van der Waals surface area contributed by atoms with Crippen LogP contribution < -0.4 is 5.73 Å². The summed E-state index contributed by atoms with van der Waals surface area (Å²) in [5.41, 5.74) is 7.15. The monoisotopic (exact) mass is 252 g/mol. The molecule has 2 N–H and O–H groups in total. The average molecular weight is 253 g/mol. The van der Waals surface area contributed by atoms with Crippen molar-refractivity contribution in [1.82, 2.24) is 4.90 Å². The van der Waals surface area contributed by atoms with Crippen molar-refractivity contribution in [3.8, 4) is 0 Å². The SMILES string of the molecule is CCCN(C1CC1)C(CN)c1ccccc1Cl. The van der Waals surface area contributed by atoms with Crippen LogP contribution in [0.3, 0.4) is 0 Å². The van der Waals surface area contributed by atoms with Gasteiger partial charge < -0.3 is 5.73 Å². The van der Waals surface area contributed by atoms with Crippen molar-refractivity contribution < 1.29 is 0 Å². The summed E-state index contributed by atoms with van der Waals surface area (Å²) in [4.78, 5) is 2.53. The largest absolute Gasteiger partial charge is 0.329 e. The van der Waals surface area contributed by atoms with Crippen LogP contribution in [0, 0.1) is 0 Å². The summed E-state index contributed by atoms with van der Waals surface area (Å²) in [5.74, 6) is 0. The standard InChI is InChI=1S/C14H21ClN2/c1-2-9-17(11-7-8-11)14(10-16)12-5-3-4-6-13(12)15/h3-6,11,14H,2,7-10,16H2,1H3. The normalized spacial score (nSPS) is 17.4. The van der Waals surface area contributed by atoms with Gasteiger partial charge in [-0.1, -0.05) is 36.7 Å². The molecule has 0 aliphatic heterocycles. The fourth-order valence-corrected chi connectivity index (χ4v) is 2.71. The van der Waals surface area contributed by atoms with E-state index in [9.17, 15) is 0 Å².